The average Bonchev–Trinajstić information content (AvgIpc) is 2.86. The third-order valence-electron chi connectivity index (χ3n) is 4.90. The third-order valence-corrected chi connectivity index (χ3v) is 4.90. The minimum atomic E-state index is -0.317. The molecular formula is C16H22F2N2. The average molecular weight is 280 g/mol. The molecule has 0 aromatic heterocycles. The van der Waals surface area contributed by atoms with E-state index in [9.17, 15) is 8.78 Å². The maximum absolute atomic E-state index is 14.1. The Morgan fingerprint density at radius 1 is 1.25 bits per heavy atom. The molecule has 2 saturated heterocycles. The van der Waals surface area contributed by atoms with Crippen molar-refractivity contribution in [2.45, 2.75) is 38.8 Å². The van der Waals surface area contributed by atoms with Crippen LogP contribution in [0.2, 0.25) is 0 Å². The molecule has 1 N–H and O–H groups in total. The van der Waals surface area contributed by atoms with Gasteiger partial charge in [-0.3, -0.25) is 4.90 Å². The molecule has 1 aromatic rings. The highest BCUT2D eigenvalue weighted by molar-refractivity contribution is 5.27. The molecule has 4 heteroatoms. The fraction of sp³-hybridized carbons (Fsp3) is 0.625. The summed E-state index contributed by atoms with van der Waals surface area (Å²) in [6.07, 6.45) is 2.46. The summed E-state index contributed by atoms with van der Waals surface area (Å²) in [5.41, 5.74) is 0.849. The van der Waals surface area contributed by atoms with Crippen LogP contribution in [0.4, 0.5) is 8.78 Å². The molecule has 0 aliphatic carbocycles. The van der Waals surface area contributed by atoms with E-state index < -0.39 is 0 Å². The van der Waals surface area contributed by atoms with Crippen LogP contribution in [0.3, 0.4) is 0 Å². The number of fused-ring (bicyclic) bond motifs is 1. The van der Waals surface area contributed by atoms with Gasteiger partial charge in [0.05, 0.1) is 0 Å². The standard InChI is InChI=1S/C16H22F2N2/c1-10-6-15(18)13(7-14(10)17)11(2)20-8-12-4-3-5-19-16(12)9-20/h6-7,11-12,16,19H,3-5,8-9H2,1-2H3. The second kappa shape index (κ2) is 5.41. The first kappa shape index (κ1) is 14.0. The fourth-order valence-electron chi connectivity index (χ4n) is 3.57. The van der Waals surface area contributed by atoms with E-state index >= 15 is 0 Å². The predicted octanol–water partition coefficient (Wildman–Crippen LogP) is 3.02. The van der Waals surface area contributed by atoms with Gasteiger partial charge in [0.25, 0.3) is 0 Å². The number of benzene rings is 1. The van der Waals surface area contributed by atoms with Crippen molar-refractivity contribution in [2.75, 3.05) is 19.6 Å². The fourth-order valence-corrected chi connectivity index (χ4v) is 3.57. The Hall–Kier alpha value is -1.00. The van der Waals surface area contributed by atoms with Crippen molar-refractivity contribution >= 4 is 0 Å². The number of nitrogens with zero attached hydrogens (tertiary/aromatic N) is 1. The summed E-state index contributed by atoms with van der Waals surface area (Å²) in [5.74, 6) is 0.0479. The van der Waals surface area contributed by atoms with E-state index in [-0.39, 0.29) is 17.7 Å². The summed E-state index contributed by atoms with van der Waals surface area (Å²) in [6.45, 7) is 6.57. The number of hydrogen-bond donors (Lipinski definition) is 1. The number of aryl methyl sites for hydroxylation is 1. The molecule has 110 valence electrons. The van der Waals surface area contributed by atoms with Crippen LogP contribution in [-0.2, 0) is 0 Å². The number of rotatable bonds is 2. The Morgan fingerprint density at radius 3 is 2.80 bits per heavy atom. The van der Waals surface area contributed by atoms with Crippen molar-refractivity contribution in [3.8, 4) is 0 Å². The first-order chi connectivity index (χ1) is 9.56. The number of hydrogen-bond acceptors (Lipinski definition) is 2. The summed E-state index contributed by atoms with van der Waals surface area (Å²) in [5, 5.41) is 3.54. The molecule has 2 nitrogen and oxygen atoms in total. The van der Waals surface area contributed by atoms with Gasteiger partial charge in [0.1, 0.15) is 11.6 Å². The molecular weight excluding hydrogens is 258 g/mol. The topological polar surface area (TPSA) is 15.3 Å². The van der Waals surface area contributed by atoms with Crippen LogP contribution in [-0.4, -0.2) is 30.6 Å². The second-order valence-corrected chi connectivity index (χ2v) is 6.22. The van der Waals surface area contributed by atoms with Gasteiger partial charge >= 0.3 is 0 Å². The van der Waals surface area contributed by atoms with E-state index in [1.165, 1.54) is 25.0 Å². The Balaban J connectivity index is 1.79. The largest absolute Gasteiger partial charge is 0.312 e. The molecule has 0 amide bonds. The van der Waals surface area contributed by atoms with Gasteiger partial charge in [-0.15, -0.1) is 0 Å². The quantitative estimate of drug-likeness (QED) is 0.896. The lowest BCUT2D eigenvalue weighted by atomic mass is 9.94. The summed E-state index contributed by atoms with van der Waals surface area (Å²) in [4.78, 5) is 2.28. The molecule has 2 fully saturated rings. The van der Waals surface area contributed by atoms with E-state index in [4.69, 9.17) is 0 Å². The third kappa shape index (κ3) is 2.47. The van der Waals surface area contributed by atoms with Crippen LogP contribution in [0.1, 0.15) is 36.9 Å². The number of likely N-dealkylation sites (tertiary alicyclic amines) is 1. The smallest absolute Gasteiger partial charge is 0.128 e. The van der Waals surface area contributed by atoms with Crippen LogP contribution in [0.5, 0.6) is 0 Å². The van der Waals surface area contributed by atoms with E-state index in [1.807, 2.05) is 6.92 Å². The SMILES string of the molecule is Cc1cc(F)c(C(C)N2CC3CCCNC3C2)cc1F. The van der Waals surface area contributed by atoms with Gasteiger partial charge < -0.3 is 5.32 Å². The lowest BCUT2D eigenvalue weighted by Crippen LogP contribution is -2.40. The van der Waals surface area contributed by atoms with Crippen molar-refractivity contribution in [3.05, 3.63) is 34.9 Å². The molecule has 0 spiro atoms. The van der Waals surface area contributed by atoms with E-state index in [0.717, 1.165) is 19.6 Å². The molecule has 3 atom stereocenters. The molecule has 0 saturated carbocycles. The molecule has 0 radical (unpaired) electrons. The zero-order valence-corrected chi connectivity index (χ0v) is 12.1. The minimum absolute atomic E-state index is 0.0718. The van der Waals surface area contributed by atoms with Crippen molar-refractivity contribution < 1.29 is 8.78 Å². The summed E-state index contributed by atoms with van der Waals surface area (Å²) in [7, 11) is 0. The lowest BCUT2D eigenvalue weighted by molar-refractivity contribution is 0.245. The van der Waals surface area contributed by atoms with Crippen LogP contribution < -0.4 is 5.32 Å². The summed E-state index contributed by atoms with van der Waals surface area (Å²) >= 11 is 0. The normalized spacial score (nSPS) is 28.4. The highest BCUT2D eigenvalue weighted by Crippen LogP contribution is 2.33. The molecule has 2 aliphatic heterocycles. The van der Waals surface area contributed by atoms with E-state index in [1.54, 1.807) is 6.92 Å². The Labute approximate surface area is 119 Å². The van der Waals surface area contributed by atoms with E-state index in [0.29, 0.717) is 23.1 Å². The van der Waals surface area contributed by atoms with Gasteiger partial charge in [0.15, 0.2) is 0 Å². The van der Waals surface area contributed by atoms with Crippen LogP contribution in [0, 0.1) is 24.5 Å². The van der Waals surface area contributed by atoms with Gasteiger partial charge in [0.2, 0.25) is 0 Å². The van der Waals surface area contributed by atoms with Crippen molar-refractivity contribution in [3.63, 3.8) is 0 Å². The molecule has 20 heavy (non-hydrogen) atoms. The summed E-state index contributed by atoms with van der Waals surface area (Å²) < 4.78 is 27.8. The zero-order chi connectivity index (χ0) is 14.3. The number of nitrogens with one attached hydrogen (secondary N) is 1. The molecule has 3 rings (SSSR count). The first-order valence-corrected chi connectivity index (χ1v) is 7.49. The Kier molecular flexibility index (Phi) is 3.78. The molecule has 2 aliphatic rings. The monoisotopic (exact) mass is 280 g/mol. The number of piperidine rings is 1. The van der Waals surface area contributed by atoms with Gasteiger partial charge in [-0.05, 0) is 56.8 Å². The van der Waals surface area contributed by atoms with Crippen molar-refractivity contribution in [1.82, 2.24) is 10.2 Å². The predicted molar refractivity (Wildman–Crippen MR) is 75.6 cm³/mol. The highest BCUT2D eigenvalue weighted by Gasteiger charge is 2.36. The maximum Gasteiger partial charge on any atom is 0.128 e. The lowest BCUT2D eigenvalue weighted by Gasteiger charge is -2.25. The molecule has 3 unspecified atom stereocenters. The van der Waals surface area contributed by atoms with Gasteiger partial charge in [0, 0.05) is 30.7 Å². The summed E-state index contributed by atoms with van der Waals surface area (Å²) in [6, 6.07) is 3.12. The molecule has 1 aromatic carbocycles. The van der Waals surface area contributed by atoms with Gasteiger partial charge in [-0.25, -0.2) is 8.78 Å². The zero-order valence-electron chi connectivity index (χ0n) is 12.1. The Morgan fingerprint density at radius 2 is 2.05 bits per heavy atom. The number of halogens is 2. The van der Waals surface area contributed by atoms with Crippen LogP contribution in [0.25, 0.3) is 0 Å². The second-order valence-electron chi connectivity index (χ2n) is 6.22. The first-order valence-electron chi connectivity index (χ1n) is 7.49. The maximum atomic E-state index is 14.1. The van der Waals surface area contributed by atoms with Crippen LogP contribution >= 0.6 is 0 Å². The van der Waals surface area contributed by atoms with Crippen molar-refractivity contribution in [2.24, 2.45) is 5.92 Å². The molecule has 2 heterocycles. The molecule has 0 bridgehead atoms. The Bertz CT molecular complexity index is 489. The van der Waals surface area contributed by atoms with E-state index in [2.05, 4.69) is 10.2 Å². The minimum Gasteiger partial charge on any atom is -0.312 e. The van der Waals surface area contributed by atoms with Gasteiger partial charge in [-0.1, -0.05) is 0 Å². The van der Waals surface area contributed by atoms with Crippen LogP contribution in [0.15, 0.2) is 12.1 Å². The van der Waals surface area contributed by atoms with Crippen molar-refractivity contribution in [1.29, 1.82) is 0 Å². The van der Waals surface area contributed by atoms with Gasteiger partial charge in [-0.2, -0.15) is 0 Å². The highest BCUT2D eigenvalue weighted by atomic mass is 19.1.